The molecule has 2 saturated carbocycles. The molecule has 2 aliphatic carbocycles. The Hall–Kier alpha value is -2.79. The zero-order valence-corrected chi connectivity index (χ0v) is 31.0. The normalized spacial score (nSPS) is 17.5. The molecule has 47 heavy (non-hydrogen) atoms. The summed E-state index contributed by atoms with van der Waals surface area (Å²) in [5.74, 6) is -0.349. The number of nitrogens with zero attached hydrogens (tertiary/aromatic N) is 3. The highest BCUT2D eigenvalue weighted by Crippen LogP contribution is 2.42. The van der Waals surface area contributed by atoms with Crippen LogP contribution in [-0.4, -0.2) is 53.1 Å². The summed E-state index contributed by atoms with van der Waals surface area (Å²) in [4.78, 5) is 31.5. The minimum absolute atomic E-state index is 0.0312. The van der Waals surface area contributed by atoms with E-state index >= 15 is 4.39 Å². The molecule has 2 aromatic heterocycles. The topological polar surface area (TPSA) is 107 Å². The SMILES string of the molecule is Cc1nn(COCC[Si](C)(C)C)c(C)c1-c1ccc(NC(=O)C(NC(=O)OC(C)(C)C)C(C2CCCCC2)C2CCCCC2)nc1F. The maximum absolute atomic E-state index is 15.7. The molecule has 11 heteroatoms. The van der Waals surface area contributed by atoms with Crippen molar-refractivity contribution in [1.29, 1.82) is 0 Å². The Morgan fingerprint density at radius 1 is 1.00 bits per heavy atom. The molecular formula is C36H58FN5O4Si. The molecule has 0 bridgehead atoms. The third-order valence-electron chi connectivity index (χ3n) is 9.69. The summed E-state index contributed by atoms with van der Waals surface area (Å²) < 4.78 is 29.0. The molecule has 0 spiro atoms. The van der Waals surface area contributed by atoms with E-state index in [1.807, 2.05) is 34.6 Å². The minimum atomic E-state index is -1.21. The van der Waals surface area contributed by atoms with Crippen molar-refractivity contribution in [3.8, 4) is 11.1 Å². The average Bonchev–Trinajstić information content (AvgIpc) is 3.27. The number of aromatic nitrogens is 3. The van der Waals surface area contributed by atoms with Gasteiger partial charge in [0.15, 0.2) is 0 Å². The third kappa shape index (κ3) is 10.6. The number of halogens is 1. The van der Waals surface area contributed by atoms with E-state index in [-0.39, 0.29) is 17.6 Å². The van der Waals surface area contributed by atoms with E-state index in [2.05, 4.69) is 40.4 Å². The zero-order valence-electron chi connectivity index (χ0n) is 30.0. The van der Waals surface area contributed by atoms with Gasteiger partial charge in [-0.05, 0) is 70.5 Å². The van der Waals surface area contributed by atoms with Crippen molar-refractivity contribution in [3.63, 3.8) is 0 Å². The predicted molar refractivity (Wildman–Crippen MR) is 187 cm³/mol. The fourth-order valence-electron chi connectivity index (χ4n) is 7.37. The largest absolute Gasteiger partial charge is 0.444 e. The average molecular weight is 672 g/mol. The molecule has 1 atom stereocenters. The van der Waals surface area contributed by atoms with E-state index in [4.69, 9.17) is 9.47 Å². The highest BCUT2D eigenvalue weighted by molar-refractivity contribution is 6.76. The minimum Gasteiger partial charge on any atom is -0.444 e. The molecule has 1 unspecified atom stereocenters. The van der Waals surface area contributed by atoms with Crippen LogP contribution in [0.3, 0.4) is 0 Å². The van der Waals surface area contributed by atoms with Gasteiger partial charge in [0.1, 0.15) is 24.2 Å². The van der Waals surface area contributed by atoms with Crippen molar-refractivity contribution in [2.24, 2.45) is 17.8 Å². The van der Waals surface area contributed by atoms with Crippen LogP contribution in [0.4, 0.5) is 15.0 Å². The first-order valence-corrected chi connectivity index (χ1v) is 21.4. The van der Waals surface area contributed by atoms with E-state index in [0.717, 1.165) is 63.1 Å². The van der Waals surface area contributed by atoms with Crippen LogP contribution in [0.15, 0.2) is 12.1 Å². The second kappa shape index (κ2) is 16.1. The van der Waals surface area contributed by atoms with Gasteiger partial charge in [-0.25, -0.2) is 14.5 Å². The van der Waals surface area contributed by atoms with Crippen molar-refractivity contribution >= 4 is 25.9 Å². The van der Waals surface area contributed by atoms with Crippen molar-refractivity contribution in [1.82, 2.24) is 20.1 Å². The molecule has 2 fully saturated rings. The van der Waals surface area contributed by atoms with E-state index in [9.17, 15) is 9.59 Å². The van der Waals surface area contributed by atoms with Gasteiger partial charge in [-0.1, -0.05) is 83.8 Å². The van der Waals surface area contributed by atoms with Gasteiger partial charge < -0.3 is 20.1 Å². The van der Waals surface area contributed by atoms with E-state index < -0.39 is 31.8 Å². The maximum Gasteiger partial charge on any atom is 0.408 e. The molecule has 0 aromatic carbocycles. The standard InChI is InChI=1S/C36H58FN5O4Si/c1-24-30(25(2)42(41-24)23-45-21-22-47(6,7)8)28-19-20-29(38-33(28)37)39-34(43)32(40-35(44)46-36(3,4)5)31(26-15-11-9-12-16-26)27-17-13-10-14-18-27/h19-20,26-27,31-32H,9-18,21-23H2,1-8H3,(H,40,44)(H,38,39,43). The second-order valence-electron chi connectivity index (χ2n) is 15.9. The number of alkyl carbamates (subject to hydrolysis) is 1. The fourth-order valence-corrected chi connectivity index (χ4v) is 8.13. The summed E-state index contributed by atoms with van der Waals surface area (Å²) in [5, 5.41) is 10.4. The molecule has 0 aliphatic heterocycles. The lowest BCUT2D eigenvalue weighted by Gasteiger charge is -2.42. The number of nitrogens with one attached hydrogen (secondary N) is 2. The first kappa shape index (κ1) is 37.0. The van der Waals surface area contributed by atoms with Crippen molar-refractivity contribution < 1.29 is 23.5 Å². The number of amides is 2. The van der Waals surface area contributed by atoms with Crippen LogP contribution < -0.4 is 10.6 Å². The van der Waals surface area contributed by atoms with Crippen LogP contribution in [0.25, 0.3) is 11.1 Å². The van der Waals surface area contributed by atoms with Crippen LogP contribution in [-0.2, 0) is 21.0 Å². The first-order chi connectivity index (χ1) is 22.1. The van der Waals surface area contributed by atoms with Gasteiger partial charge >= 0.3 is 6.09 Å². The quantitative estimate of drug-likeness (QED) is 0.133. The third-order valence-corrected chi connectivity index (χ3v) is 11.4. The highest BCUT2D eigenvalue weighted by atomic mass is 28.3. The molecule has 9 nitrogen and oxygen atoms in total. The molecule has 0 radical (unpaired) electrons. The van der Waals surface area contributed by atoms with Gasteiger partial charge in [-0.2, -0.15) is 9.49 Å². The van der Waals surface area contributed by atoms with Gasteiger partial charge in [0.25, 0.3) is 0 Å². The highest BCUT2D eigenvalue weighted by Gasteiger charge is 2.42. The van der Waals surface area contributed by atoms with Gasteiger partial charge in [0.05, 0.1) is 5.69 Å². The summed E-state index contributed by atoms with van der Waals surface area (Å²) in [6.07, 6.45) is 10.5. The molecule has 2 amide bonds. The molecule has 2 N–H and O–H groups in total. The summed E-state index contributed by atoms with van der Waals surface area (Å²) in [6.45, 7) is 17.1. The Morgan fingerprint density at radius 2 is 1.60 bits per heavy atom. The predicted octanol–water partition coefficient (Wildman–Crippen LogP) is 8.62. The first-order valence-electron chi connectivity index (χ1n) is 17.7. The number of pyridine rings is 1. The van der Waals surface area contributed by atoms with Crippen LogP contribution in [0.2, 0.25) is 25.7 Å². The van der Waals surface area contributed by atoms with Gasteiger partial charge in [-0.3, -0.25) is 4.79 Å². The second-order valence-corrected chi connectivity index (χ2v) is 21.5. The summed E-state index contributed by atoms with van der Waals surface area (Å²) in [5.41, 5.74) is 1.74. The van der Waals surface area contributed by atoms with Gasteiger partial charge in [-0.15, -0.1) is 0 Å². The van der Waals surface area contributed by atoms with Crippen molar-refractivity contribution in [3.05, 3.63) is 29.5 Å². The van der Waals surface area contributed by atoms with Gasteiger partial charge in [0.2, 0.25) is 11.9 Å². The Morgan fingerprint density at radius 3 is 2.13 bits per heavy atom. The number of anilines is 1. The number of aryl methyl sites for hydroxylation is 1. The maximum atomic E-state index is 15.7. The number of rotatable bonds is 12. The summed E-state index contributed by atoms with van der Waals surface area (Å²) in [6, 6.07) is 3.50. The lowest BCUT2D eigenvalue weighted by atomic mass is 9.66. The van der Waals surface area contributed by atoms with E-state index in [0.29, 0.717) is 42.0 Å². The molecule has 262 valence electrons. The molecule has 4 rings (SSSR count). The lowest BCUT2D eigenvalue weighted by Crippen LogP contribution is -2.54. The molecule has 2 heterocycles. The van der Waals surface area contributed by atoms with Crippen LogP contribution in [0, 0.1) is 37.5 Å². The van der Waals surface area contributed by atoms with E-state index in [1.165, 1.54) is 12.8 Å². The zero-order chi connectivity index (χ0) is 34.4. The van der Waals surface area contributed by atoms with Crippen LogP contribution >= 0.6 is 0 Å². The van der Waals surface area contributed by atoms with Gasteiger partial charge in [0, 0.05) is 31.5 Å². The fraction of sp³-hybridized carbons (Fsp3) is 0.722. The Kier molecular flexibility index (Phi) is 12.7. The molecule has 0 saturated heterocycles. The lowest BCUT2D eigenvalue weighted by molar-refractivity contribution is -0.121. The number of carbonyl (C=O) groups is 2. The summed E-state index contributed by atoms with van der Waals surface area (Å²) in [7, 11) is -1.21. The molecular weight excluding hydrogens is 614 g/mol. The number of ether oxygens (including phenoxy) is 2. The van der Waals surface area contributed by atoms with E-state index in [1.54, 1.807) is 16.8 Å². The van der Waals surface area contributed by atoms with Crippen molar-refractivity contribution in [2.45, 2.75) is 143 Å². The monoisotopic (exact) mass is 671 g/mol. The Bertz CT molecular complexity index is 1340. The summed E-state index contributed by atoms with van der Waals surface area (Å²) >= 11 is 0. The Labute approximate surface area is 282 Å². The number of hydrogen-bond donors (Lipinski definition) is 2. The number of carbonyl (C=O) groups excluding carboxylic acids is 2. The smallest absolute Gasteiger partial charge is 0.408 e. The number of hydrogen-bond acceptors (Lipinski definition) is 6. The molecule has 2 aliphatic rings. The Balaban J connectivity index is 1.56. The van der Waals surface area contributed by atoms with Crippen molar-refractivity contribution in [2.75, 3.05) is 11.9 Å². The molecule has 2 aromatic rings. The van der Waals surface area contributed by atoms with Crippen LogP contribution in [0.5, 0.6) is 0 Å². The van der Waals surface area contributed by atoms with Crippen LogP contribution in [0.1, 0.15) is 96.4 Å².